The van der Waals surface area contributed by atoms with Crippen LogP contribution in [0, 0.1) is 0 Å². The van der Waals surface area contributed by atoms with E-state index in [1.807, 2.05) is 66.7 Å². The molecule has 0 aliphatic heterocycles. The van der Waals surface area contributed by atoms with Gasteiger partial charge in [0, 0.05) is 12.7 Å². The lowest BCUT2D eigenvalue weighted by molar-refractivity contribution is -0.124. The summed E-state index contributed by atoms with van der Waals surface area (Å²) in [5.74, 6) is 1.34. The maximum absolute atomic E-state index is 12.6. The maximum Gasteiger partial charge on any atom is 0.267 e. The number of carbonyl (C=O) groups excluding carboxylic acids is 1. The molecule has 4 heteroatoms. The summed E-state index contributed by atoms with van der Waals surface area (Å²) in [5, 5.41) is 2.10. The summed E-state index contributed by atoms with van der Waals surface area (Å²) in [6.07, 6.45) is -0.590. The third kappa shape index (κ3) is 3.74. The molecule has 128 valence electrons. The van der Waals surface area contributed by atoms with E-state index in [2.05, 4.69) is 0 Å². The molecule has 0 aliphatic carbocycles. The highest BCUT2D eigenvalue weighted by Crippen LogP contribution is 2.26. The third-order valence-electron chi connectivity index (χ3n) is 4.15. The number of benzene rings is 3. The number of hydrogen-bond donors (Lipinski definition) is 0. The Morgan fingerprint density at radius 1 is 0.920 bits per heavy atom. The lowest BCUT2D eigenvalue weighted by Crippen LogP contribution is -2.37. The van der Waals surface area contributed by atoms with Crippen LogP contribution in [0.25, 0.3) is 10.8 Å². The van der Waals surface area contributed by atoms with Gasteiger partial charge in [0.15, 0.2) is 6.10 Å². The van der Waals surface area contributed by atoms with Gasteiger partial charge in [-0.15, -0.1) is 0 Å². The molecule has 0 saturated heterocycles. The predicted octanol–water partition coefficient (Wildman–Crippen LogP) is 4.28. The van der Waals surface area contributed by atoms with Gasteiger partial charge in [-0.3, -0.25) is 4.79 Å². The number of anilines is 1. The summed E-state index contributed by atoms with van der Waals surface area (Å²) in [7, 11) is 3.39. The minimum Gasteiger partial charge on any atom is -0.497 e. The van der Waals surface area contributed by atoms with Crippen LogP contribution in [0.3, 0.4) is 0 Å². The van der Waals surface area contributed by atoms with Crippen LogP contribution in [-0.2, 0) is 4.79 Å². The van der Waals surface area contributed by atoms with Gasteiger partial charge in [0.05, 0.1) is 7.11 Å². The third-order valence-corrected chi connectivity index (χ3v) is 4.15. The van der Waals surface area contributed by atoms with Crippen molar-refractivity contribution in [2.24, 2.45) is 0 Å². The minimum atomic E-state index is -0.590. The smallest absolute Gasteiger partial charge is 0.267 e. The molecule has 0 unspecified atom stereocenters. The molecule has 3 aromatic carbocycles. The van der Waals surface area contributed by atoms with Crippen LogP contribution in [0.2, 0.25) is 0 Å². The van der Waals surface area contributed by atoms with E-state index in [4.69, 9.17) is 9.47 Å². The molecule has 4 nitrogen and oxygen atoms in total. The van der Waals surface area contributed by atoms with Gasteiger partial charge in [0.2, 0.25) is 0 Å². The number of amides is 1. The summed E-state index contributed by atoms with van der Waals surface area (Å²) in [6.45, 7) is 1.76. The molecule has 0 fully saturated rings. The van der Waals surface area contributed by atoms with Crippen LogP contribution < -0.4 is 14.4 Å². The predicted molar refractivity (Wildman–Crippen MR) is 100 cm³/mol. The van der Waals surface area contributed by atoms with Gasteiger partial charge in [-0.1, -0.05) is 30.3 Å². The molecule has 0 heterocycles. The Kier molecular flexibility index (Phi) is 4.89. The second-order valence-corrected chi connectivity index (χ2v) is 5.87. The van der Waals surface area contributed by atoms with Crippen LogP contribution in [0.15, 0.2) is 66.7 Å². The summed E-state index contributed by atoms with van der Waals surface area (Å²) >= 11 is 0. The molecule has 0 radical (unpaired) electrons. The highest BCUT2D eigenvalue weighted by molar-refractivity contribution is 5.96. The highest BCUT2D eigenvalue weighted by Gasteiger charge is 2.20. The summed E-state index contributed by atoms with van der Waals surface area (Å²) in [4.78, 5) is 14.2. The van der Waals surface area contributed by atoms with Crippen LogP contribution >= 0.6 is 0 Å². The van der Waals surface area contributed by atoms with Gasteiger partial charge in [-0.25, -0.2) is 0 Å². The minimum absolute atomic E-state index is 0.100. The number of fused-ring (bicyclic) bond motifs is 1. The first-order chi connectivity index (χ1) is 12.1. The quantitative estimate of drug-likeness (QED) is 0.698. The first kappa shape index (κ1) is 16.8. The normalized spacial score (nSPS) is 11.8. The summed E-state index contributed by atoms with van der Waals surface area (Å²) in [5.41, 5.74) is 0.839. The van der Waals surface area contributed by atoms with E-state index >= 15 is 0 Å². The molecular weight excluding hydrogens is 314 g/mol. The second-order valence-electron chi connectivity index (χ2n) is 5.87. The Bertz CT molecular complexity index is 877. The topological polar surface area (TPSA) is 38.8 Å². The van der Waals surface area contributed by atoms with Crippen molar-refractivity contribution >= 4 is 22.4 Å². The Hall–Kier alpha value is -3.01. The van der Waals surface area contributed by atoms with Gasteiger partial charge in [-0.2, -0.15) is 0 Å². The zero-order chi connectivity index (χ0) is 17.8. The van der Waals surface area contributed by atoms with E-state index < -0.39 is 6.10 Å². The average molecular weight is 335 g/mol. The second kappa shape index (κ2) is 7.26. The van der Waals surface area contributed by atoms with Crippen molar-refractivity contribution in [1.29, 1.82) is 0 Å². The number of likely N-dealkylation sites (N-methyl/N-ethyl adjacent to an activating group) is 1. The van der Waals surface area contributed by atoms with Crippen molar-refractivity contribution in [3.63, 3.8) is 0 Å². The van der Waals surface area contributed by atoms with Crippen molar-refractivity contribution < 1.29 is 14.3 Å². The fourth-order valence-electron chi connectivity index (χ4n) is 2.71. The van der Waals surface area contributed by atoms with Gasteiger partial charge in [0.25, 0.3) is 5.91 Å². The number of rotatable bonds is 5. The zero-order valence-electron chi connectivity index (χ0n) is 14.6. The number of para-hydroxylation sites is 1. The molecular formula is C21H21NO3. The molecule has 0 N–H and O–H groups in total. The Morgan fingerprint density at radius 3 is 2.24 bits per heavy atom. The van der Waals surface area contributed by atoms with E-state index in [1.165, 1.54) is 0 Å². The molecule has 0 bridgehead atoms. The van der Waals surface area contributed by atoms with E-state index in [-0.39, 0.29) is 5.91 Å². The van der Waals surface area contributed by atoms with Crippen LogP contribution in [0.5, 0.6) is 11.5 Å². The van der Waals surface area contributed by atoms with Crippen molar-refractivity contribution in [3.05, 3.63) is 66.7 Å². The van der Waals surface area contributed by atoms with Crippen molar-refractivity contribution in [2.75, 3.05) is 19.1 Å². The monoisotopic (exact) mass is 335 g/mol. The Balaban J connectivity index is 1.76. The Morgan fingerprint density at radius 2 is 1.56 bits per heavy atom. The largest absolute Gasteiger partial charge is 0.497 e. The zero-order valence-corrected chi connectivity index (χ0v) is 14.6. The number of hydrogen-bond acceptors (Lipinski definition) is 3. The summed E-state index contributed by atoms with van der Waals surface area (Å²) in [6, 6.07) is 21.2. The standard InChI is InChI=1S/C21H21NO3/c1-15(21(23)22(2)18-7-5-4-6-8-18)25-20-12-10-16-9-11-19(24-3)13-17(16)14-20/h4-15H,1-3H3/t15-/m0/s1. The molecule has 1 atom stereocenters. The molecule has 0 aliphatic rings. The fourth-order valence-corrected chi connectivity index (χ4v) is 2.71. The van der Waals surface area contributed by atoms with Crippen LogP contribution in [-0.4, -0.2) is 26.2 Å². The summed E-state index contributed by atoms with van der Waals surface area (Å²) < 4.78 is 11.1. The van der Waals surface area contributed by atoms with Crippen molar-refractivity contribution in [3.8, 4) is 11.5 Å². The lowest BCUT2D eigenvalue weighted by Gasteiger charge is -2.22. The molecule has 0 aromatic heterocycles. The van der Waals surface area contributed by atoms with Gasteiger partial charge < -0.3 is 14.4 Å². The molecule has 3 aromatic rings. The number of methoxy groups -OCH3 is 1. The highest BCUT2D eigenvalue weighted by atomic mass is 16.5. The molecule has 0 saturated carbocycles. The van der Waals surface area contributed by atoms with Gasteiger partial charge >= 0.3 is 0 Å². The fraction of sp³-hybridized carbons (Fsp3) is 0.190. The van der Waals surface area contributed by atoms with Gasteiger partial charge in [0.1, 0.15) is 11.5 Å². The molecule has 1 amide bonds. The first-order valence-electron chi connectivity index (χ1n) is 8.15. The number of carbonyl (C=O) groups is 1. The van der Waals surface area contributed by atoms with E-state index in [0.717, 1.165) is 22.2 Å². The van der Waals surface area contributed by atoms with E-state index in [0.29, 0.717) is 5.75 Å². The molecule has 25 heavy (non-hydrogen) atoms. The van der Waals surface area contributed by atoms with Crippen LogP contribution in [0.4, 0.5) is 5.69 Å². The van der Waals surface area contributed by atoms with E-state index in [1.54, 1.807) is 26.0 Å². The van der Waals surface area contributed by atoms with Crippen molar-refractivity contribution in [2.45, 2.75) is 13.0 Å². The molecule has 3 rings (SSSR count). The molecule has 0 spiro atoms. The average Bonchev–Trinajstić information content (AvgIpc) is 2.66. The maximum atomic E-state index is 12.6. The SMILES string of the molecule is COc1ccc2ccc(O[C@@H](C)C(=O)N(C)c3ccccc3)cc2c1. The van der Waals surface area contributed by atoms with Crippen LogP contribution in [0.1, 0.15) is 6.92 Å². The van der Waals surface area contributed by atoms with E-state index in [9.17, 15) is 4.79 Å². The lowest BCUT2D eigenvalue weighted by atomic mass is 10.1. The first-order valence-corrected chi connectivity index (χ1v) is 8.15. The van der Waals surface area contributed by atoms with Crippen molar-refractivity contribution in [1.82, 2.24) is 0 Å². The Labute approximate surface area is 147 Å². The van der Waals surface area contributed by atoms with Gasteiger partial charge in [-0.05, 0) is 54.1 Å². The number of nitrogens with zero attached hydrogens (tertiary/aromatic N) is 1. The number of ether oxygens (including phenoxy) is 2.